The van der Waals surface area contributed by atoms with E-state index in [2.05, 4.69) is 26.0 Å². The van der Waals surface area contributed by atoms with Gasteiger partial charge in [-0.3, -0.25) is 19.3 Å². The molecule has 2 aliphatic rings. The van der Waals surface area contributed by atoms with Crippen LogP contribution in [0.1, 0.15) is 40.9 Å². The number of thiophene rings is 1. The summed E-state index contributed by atoms with van der Waals surface area (Å²) in [4.78, 5) is 41.8. The quantitative estimate of drug-likeness (QED) is 0.399. The highest BCUT2D eigenvalue weighted by Crippen LogP contribution is 2.28. The van der Waals surface area contributed by atoms with Crippen LogP contribution in [0.15, 0.2) is 22.2 Å². The molecule has 0 atom stereocenters. The number of carbonyl (C=O) groups excluding carboxylic acids is 3. The third-order valence-corrected chi connectivity index (χ3v) is 8.04. The topological polar surface area (TPSA) is 126 Å². The zero-order valence-corrected chi connectivity index (χ0v) is 22.2. The van der Waals surface area contributed by atoms with Gasteiger partial charge in [0.05, 0.1) is 32.0 Å². The maximum atomic E-state index is 13.3. The Balaban J connectivity index is 1.37. The average Bonchev–Trinajstić information content (AvgIpc) is 3.45. The van der Waals surface area contributed by atoms with Gasteiger partial charge in [0.1, 0.15) is 11.1 Å². The lowest BCUT2D eigenvalue weighted by molar-refractivity contribution is -0.912. The number of aryl methyl sites for hydroxylation is 1. The lowest BCUT2D eigenvalue weighted by atomic mass is 10.2. The van der Waals surface area contributed by atoms with Crippen LogP contribution in [-0.2, 0) is 14.3 Å². The molecule has 4 heterocycles. The van der Waals surface area contributed by atoms with Crippen molar-refractivity contribution >= 4 is 40.6 Å². The number of aromatic nitrogens is 1. The van der Waals surface area contributed by atoms with Crippen LogP contribution in [0.25, 0.3) is 0 Å². The number of carbonyl (C=O) groups is 3. The van der Waals surface area contributed by atoms with E-state index in [1.165, 1.54) is 17.6 Å². The minimum absolute atomic E-state index is 0.166. The molecule has 0 bridgehead atoms. The number of rotatable bonds is 10. The number of ether oxygens (including phenoxy) is 1. The fourth-order valence-corrected chi connectivity index (χ4v) is 5.90. The Kier molecular flexibility index (Phi) is 9.67. The molecule has 3 amide bonds. The summed E-state index contributed by atoms with van der Waals surface area (Å²) in [5.41, 5.74) is 1.40. The maximum Gasteiger partial charge on any atom is 0.280 e. The fourth-order valence-electron chi connectivity index (χ4n) is 4.98. The number of likely N-dealkylation sites (tertiary alicyclic amines) is 1. The highest BCUT2D eigenvalue weighted by Gasteiger charge is 2.35. The van der Waals surface area contributed by atoms with Crippen molar-refractivity contribution in [3.05, 3.63) is 28.2 Å². The second-order valence-electron chi connectivity index (χ2n) is 9.83. The molecule has 0 aliphatic carbocycles. The van der Waals surface area contributed by atoms with Crippen molar-refractivity contribution in [1.29, 1.82) is 0 Å². The third kappa shape index (κ3) is 7.84. The van der Waals surface area contributed by atoms with Crippen LogP contribution in [0.5, 0.6) is 0 Å². The van der Waals surface area contributed by atoms with E-state index in [9.17, 15) is 14.4 Å². The standard InChI is InChI=1S/C25H36N6O5S/c1-19-18-37-24(25(34)26-7-8-30-9-14-35-15-10-30)23(19)28-22(33)17-31(11-4-2-3-5-12-31)16-21(32)27-20-6-13-36-29-20/h6,13,18H,2-5,7-12,14-17H2,1H3,(H2-,26,27,28,29,32,33,34)/p+1. The van der Waals surface area contributed by atoms with E-state index < -0.39 is 0 Å². The van der Waals surface area contributed by atoms with E-state index in [0.717, 1.165) is 77.2 Å². The van der Waals surface area contributed by atoms with Crippen molar-refractivity contribution in [2.75, 3.05) is 76.2 Å². The summed E-state index contributed by atoms with van der Waals surface area (Å²) in [7, 11) is 0. The van der Waals surface area contributed by atoms with Gasteiger partial charge in [-0.25, -0.2) is 0 Å². The van der Waals surface area contributed by atoms with Crippen LogP contribution in [0.2, 0.25) is 0 Å². The molecule has 2 saturated heterocycles. The summed E-state index contributed by atoms with van der Waals surface area (Å²) in [6.07, 6.45) is 5.49. The molecule has 37 heavy (non-hydrogen) atoms. The zero-order valence-electron chi connectivity index (χ0n) is 21.4. The molecule has 0 saturated carbocycles. The number of hydrogen-bond acceptors (Lipinski definition) is 8. The van der Waals surface area contributed by atoms with Crippen LogP contribution in [0.3, 0.4) is 0 Å². The van der Waals surface area contributed by atoms with E-state index in [1.807, 2.05) is 12.3 Å². The lowest BCUT2D eigenvalue weighted by Gasteiger charge is -2.36. The van der Waals surface area contributed by atoms with Gasteiger partial charge in [0.25, 0.3) is 17.7 Å². The largest absolute Gasteiger partial charge is 0.379 e. The van der Waals surface area contributed by atoms with E-state index in [1.54, 1.807) is 6.07 Å². The molecular weight excluding hydrogens is 496 g/mol. The third-order valence-electron chi connectivity index (χ3n) is 6.94. The molecule has 2 aliphatic heterocycles. The Morgan fingerprint density at radius 1 is 1.05 bits per heavy atom. The predicted molar refractivity (Wildman–Crippen MR) is 141 cm³/mol. The Labute approximate surface area is 221 Å². The Morgan fingerprint density at radius 3 is 2.43 bits per heavy atom. The average molecular weight is 534 g/mol. The monoisotopic (exact) mass is 533 g/mol. The van der Waals surface area contributed by atoms with Crippen LogP contribution in [0, 0.1) is 6.92 Å². The molecule has 12 heteroatoms. The van der Waals surface area contributed by atoms with Gasteiger partial charge < -0.3 is 29.7 Å². The number of nitrogens with zero attached hydrogens (tertiary/aromatic N) is 3. The first-order chi connectivity index (χ1) is 17.9. The fraction of sp³-hybridized carbons (Fsp3) is 0.600. The summed E-state index contributed by atoms with van der Waals surface area (Å²) in [6.45, 7) is 8.19. The molecule has 0 unspecified atom stereocenters. The first-order valence-electron chi connectivity index (χ1n) is 13.0. The summed E-state index contributed by atoms with van der Waals surface area (Å²) in [5.74, 6) is -0.219. The maximum absolute atomic E-state index is 13.3. The molecule has 0 radical (unpaired) electrons. The smallest absolute Gasteiger partial charge is 0.280 e. The van der Waals surface area contributed by atoms with E-state index >= 15 is 0 Å². The van der Waals surface area contributed by atoms with Gasteiger partial charge in [-0.15, -0.1) is 11.3 Å². The molecular formula is C25H37N6O5S+. The zero-order chi connectivity index (χ0) is 26.1. The van der Waals surface area contributed by atoms with Crippen LogP contribution in [-0.4, -0.2) is 97.8 Å². The molecule has 0 aromatic carbocycles. The number of morpholine rings is 1. The lowest BCUT2D eigenvalue weighted by Crippen LogP contribution is -2.56. The van der Waals surface area contributed by atoms with Gasteiger partial charge in [0.2, 0.25) is 0 Å². The minimum Gasteiger partial charge on any atom is -0.379 e. The van der Waals surface area contributed by atoms with E-state index in [0.29, 0.717) is 27.4 Å². The second-order valence-corrected chi connectivity index (χ2v) is 10.7. The normalized spacial score (nSPS) is 18.1. The van der Waals surface area contributed by atoms with Gasteiger partial charge in [-0.05, 0) is 43.6 Å². The predicted octanol–water partition coefficient (Wildman–Crippen LogP) is 2.07. The van der Waals surface area contributed by atoms with Crippen LogP contribution in [0.4, 0.5) is 11.5 Å². The first-order valence-corrected chi connectivity index (χ1v) is 13.8. The van der Waals surface area contributed by atoms with Crippen LogP contribution < -0.4 is 16.0 Å². The molecule has 2 aromatic rings. The van der Waals surface area contributed by atoms with Crippen molar-refractivity contribution in [2.24, 2.45) is 0 Å². The molecule has 4 rings (SSSR count). The van der Waals surface area contributed by atoms with E-state index in [4.69, 9.17) is 9.26 Å². The van der Waals surface area contributed by atoms with Crippen molar-refractivity contribution in [1.82, 2.24) is 15.4 Å². The Hall–Kier alpha value is -2.80. The van der Waals surface area contributed by atoms with Crippen molar-refractivity contribution in [2.45, 2.75) is 32.6 Å². The number of quaternary nitrogens is 1. The molecule has 0 spiro atoms. The Bertz CT molecular complexity index is 1040. The summed E-state index contributed by atoms with van der Waals surface area (Å²) in [5, 5.41) is 14.4. The highest BCUT2D eigenvalue weighted by molar-refractivity contribution is 7.13. The first kappa shape index (κ1) is 27.2. The number of amides is 3. The molecule has 202 valence electrons. The van der Waals surface area contributed by atoms with Crippen molar-refractivity contribution in [3.8, 4) is 0 Å². The SMILES string of the molecule is Cc1csc(C(=O)NCCN2CCOCC2)c1NC(=O)C[N+]1(CC(=O)Nc2ccon2)CCCCCC1. The van der Waals surface area contributed by atoms with Crippen LogP contribution >= 0.6 is 11.3 Å². The number of hydrogen-bond donors (Lipinski definition) is 3. The summed E-state index contributed by atoms with van der Waals surface area (Å²) in [6, 6.07) is 1.59. The van der Waals surface area contributed by atoms with Crippen molar-refractivity contribution in [3.63, 3.8) is 0 Å². The number of anilines is 2. The molecule has 11 nitrogen and oxygen atoms in total. The minimum atomic E-state index is -0.198. The van der Waals surface area contributed by atoms with Gasteiger partial charge >= 0.3 is 0 Å². The van der Waals surface area contributed by atoms with E-state index in [-0.39, 0.29) is 30.8 Å². The van der Waals surface area contributed by atoms with Gasteiger partial charge in [-0.1, -0.05) is 5.16 Å². The highest BCUT2D eigenvalue weighted by atomic mass is 32.1. The van der Waals surface area contributed by atoms with Gasteiger partial charge in [0, 0.05) is 32.2 Å². The second kappa shape index (κ2) is 13.1. The van der Waals surface area contributed by atoms with Gasteiger partial charge in [0.15, 0.2) is 18.9 Å². The molecule has 3 N–H and O–H groups in total. The summed E-state index contributed by atoms with van der Waals surface area (Å²) >= 11 is 1.33. The molecule has 2 fully saturated rings. The Morgan fingerprint density at radius 2 is 1.76 bits per heavy atom. The molecule has 2 aromatic heterocycles. The van der Waals surface area contributed by atoms with Crippen molar-refractivity contribution < 1.29 is 28.1 Å². The number of nitrogens with one attached hydrogen (secondary N) is 3. The summed E-state index contributed by atoms with van der Waals surface area (Å²) < 4.78 is 10.5. The van der Waals surface area contributed by atoms with Gasteiger partial charge in [-0.2, -0.15) is 0 Å².